The molecule has 0 radical (unpaired) electrons. The van der Waals surface area contributed by atoms with E-state index in [1.165, 1.54) is 24.8 Å². The highest BCUT2D eigenvalue weighted by molar-refractivity contribution is 6.31. The standard InChI is InChI=1S/C9H13Cl/c1-2-3-4-8-5-6-9(10)7-8/h6-7H,2-5H2,1H3. The summed E-state index contributed by atoms with van der Waals surface area (Å²) in [6, 6.07) is 0. The van der Waals surface area contributed by atoms with Crippen LogP contribution >= 0.6 is 11.6 Å². The first-order valence-corrected chi connectivity index (χ1v) is 4.26. The Bertz CT molecular complexity index is 166. The van der Waals surface area contributed by atoms with E-state index in [-0.39, 0.29) is 0 Å². The van der Waals surface area contributed by atoms with Crippen LogP contribution in [0.2, 0.25) is 0 Å². The van der Waals surface area contributed by atoms with Crippen LogP contribution in [0.5, 0.6) is 0 Å². The Labute approximate surface area is 67.6 Å². The van der Waals surface area contributed by atoms with Crippen molar-refractivity contribution in [3.8, 4) is 0 Å². The fraction of sp³-hybridized carbons (Fsp3) is 0.556. The van der Waals surface area contributed by atoms with Crippen LogP contribution in [0.4, 0.5) is 0 Å². The lowest BCUT2D eigenvalue weighted by atomic mass is 10.1. The molecule has 0 bridgehead atoms. The summed E-state index contributed by atoms with van der Waals surface area (Å²) in [5.41, 5.74) is 1.49. The van der Waals surface area contributed by atoms with Crippen molar-refractivity contribution in [1.29, 1.82) is 0 Å². The Kier molecular flexibility index (Phi) is 3.01. The fourth-order valence-corrected chi connectivity index (χ4v) is 1.35. The van der Waals surface area contributed by atoms with Gasteiger partial charge in [-0.3, -0.25) is 0 Å². The lowest BCUT2D eigenvalue weighted by Crippen LogP contribution is -1.77. The van der Waals surface area contributed by atoms with Gasteiger partial charge < -0.3 is 0 Å². The van der Waals surface area contributed by atoms with Crippen LogP contribution in [0.25, 0.3) is 0 Å². The molecule has 0 atom stereocenters. The van der Waals surface area contributed by atoms with Gasteiger partial charge in [0, 0.05) is 5.03 Å². The Morgan fingerprint density at radius 1 is 1.60 bits per heavy atom. The van der Waals surface area contributed by atoms with Gasteiger partial charge in [-0.2, -0.15) is 0 Å². The van der Waals surface area contributed by atoms with Crippen molar-refractivity contribution in [3.05, 3.63) is 22.8 Å². The summed E-state index contributed by atoms with van der Waals surface area (Å²) in [5, 5.41) is 0.922. The van der Waals surface area contributed by atoms with Crippen LogP contribution in [0.3, 0.4) is 0 Å². The molecule has 1 aliphatic carbocycles. The molecule has 1 rings (SSSR count). The first-order chi connectivity index (χ1) is 4.83. The first-order valence-electron chi connectivity index (χ1n) is 3.88. The van der Waals surface area contributed by atoms with E-state index in [9.17, 15) is 0 Å². The quantitative estimate of drug-likeness (QED) is 0.586. The van der Waals surface area contributed by atoms with Crippen molar-refractivity contribution >= 4 is 11.6 Å². The van der Waals surface area contributed by atoms with Gasteiger partial charge in [-0.1, -0.05) is 36.6 Å². The third-order valence-electron chi connectivity index (χ3n) is 1.75. The summed E-state index contributed by atoms with van der Waals surface area (Å²) in [6.45, 7) is 2.21. The Balaban J connectivity index is 2.27. The molecule has 10 heavy (non-hydrogen) atoms. The van der Waals surface area contributed by atoms with E-state index in [4.69, 9.17) is 11.6 Å². The van der Waals surface area contributed by atoms with Crippen LogP contribution in [-0.2, 0) is 0 Å². The molecule has 0 unspecified atom stereocenters. The van der Waals surface area contributed by atoms with Gasteiger partial charge in [-0.25, -0.2) is 0 Å². The maximum absolute atomic E-state index is 5.77. The van der Waals surface area contributed by atoms with Crippen molar-refractivity contribution in [1.82, 2.24) is 0 Å². The molecule has 0 aliphatic heterocycles. The largest absolute Gasteiger partial charge is 0.0847 e. The second-order valence-corrected chi connectivity index (χ2v) is 3.14. The molecule has 0 nitrogen and oxygen atoms in total. The maximum Gasteiger partial charge on any atom is 0.0369 e. The van der Waals surface area contributed by atoms with E-state index in [2.05, 4.69) is 19.1 Å². The van der Waals surface area contributed by atoms with Gasteiger partial charge in [-0.15, -0.1) is 0 Å². The predicted octanol–water partition coefficient (Wildman–Crippen LogP) is 3.63. The van der Waals surface area contributed by atoms with Crippen LogP contribution in [-0.4, -0.2) is 0 Å². The Morgan fingerprint density at radius 2 is 2.40 bits per heavy atom. The van der Waals surface area contributed by atoms with Crippen LogP contribution in [0, 0.1) is 0 Å². The fourth-order valence-electron chi connectivity index (χ4n) is 1.12. The number of hydrogen-bond donors (Lipinski definition) is 0. The zero-order valence-corrected chi connectivity index (χ0v) is 7.12. The minimum absolute atomic E-state index is 0.922. The molecule has 0 aromatic rings. The van der Waals surface area contributed by atoms with Gasteiger partial charge >= 0.3 is 0 Å². The molecule has 0 aromatic heterocycles. The predicted molar refractivity (Wildman–Crippen MR) is 46.2 cm³/mol. The highest BCUT2D eigenvalue weighted by atomic mass is 35.5. The van der Waals surface area contributed by atoms with Crippen LogP contribution in [0.1, 0.15) is 32.6 Å². The van der Waals surface area contributed by atoms with E-state index in [1.54, 1.807) is 0 Å². The average molecular weight is 157 g/mol. The summed E-state index contributed by atoms with van der Waals surface area (Å²) in [4.78, 5) is 0. The van der Waals surface area contributed by atoms with Gasteiger partial charge in [-0.05, 0) is 25.3 Å². The van der Waals surface area contributed by atoms with E-state index in [1.807, 2.05) is 0 Å². The molecule has 1 heteroatoms. The molecule has 0 N–H and O–H groups in total. The molecule has 0 saturated carbocycles. The number of halogens is 1. The third-order valence-corrected chi connectivity index (χ3v) is 2.02. The topological polar surface area (TPSA) is 0 Å². The molecule has 0 fully saturated rings. The number of rotatable bonds is 3. The minimum atomic E-state index is 0.922. The number of hydrogen-bond acceptors (Lipinski definition) is 0. The van der Waals surface area contributed by atoms with Gasteiger partial charge in [0.25, 0.3) is 0 Å². The van der Waals surface area contributed by atoms with Crippen LogP contribution in [0.15, 0.2) is 22.8 Å². The van der Waals surface area contributed by atoms with E-state index >= 15 is 0 Å². The lowest BCUT2D eigenvalue weighted by molar-refractivity contribution is 0.779. The normalized spacial score (nSPS) is 17.0. The van der Waals surface area contributed by atoms with Crippen molar-refractivity contribution in [2.45, 2.75) is 32.6 Å². The second kappa shape index (κ2) is 3.82. The SMILES string of the molecule is CCCCC1=CC(Cl)=CC1. The van der Waals surface area contributed by atoms with Gasteiger partial charge in [0.1, 0.15) is 0 Å². The molecule has 0 amide bonds. The van der Waals surface area contributed by atoms with Gasteiger partial charge in [0.2, 0.25) is 0 Å². The summed E-state index contributed by atoms with van der Waals surface area (Å²) < 4.78 is 0. The maximum atomic E-state index is 5.77. The molecular formula is C9H13Cl. The lowest BCUT2D eigenvalue weighted by Gasteiger charge is -1.96. The Hall–Kier alpha value is -0.230. The monoisotopic (exact) mass is 156 g/mol. The minimum Gasteiger partial charge on any atom is -0.0847 e. The smallest absolute Gasteiger partial charge is 0.0369 e. The molecule has 0 spiro atoms. The summed E-state index contributed by atoms with van der Waals surface area (Å²) in [6.07, 6.45) is 9.05. The highest BCUT2D eigenvalue weighted by Crippen LogP contribution is 2.23. The third kappa shape index (κ3) is 2.18. The molecule has 0 aromatic carbocycles. The van der Waals surface area contributed by atoms with E-state index in [0.29, 0.717) is 0 Å². The van der Waals surface area contributed by atoms with E-state index in [0.717, 1.165) is 11.5 Å². The van der Waals surface area contributed by atoms with Crippen molar-refractivity contribution in [2.24, 2.45) is 0 Å². The van der Waals surface area contributed by atoms with Crippen molar-refractivity contribution < 1.29 is 0 Å². The molecule has 1 aliphatic rings. The summed E-state index contributed by atoms with van der Waals surface area (Å²) in [7, 11) is 0. The van der Waals surface area contributed by atoms with E-state index < -0.39 is 0 Å². The molecular weight excluding hydrogens is 144 g/mol. The summed E-state index contributed by atoms with van der Waals surface area (Å²) in [5.74, 6) is 0. The zero-order chi connectivity index (χ0) is 7.40. The number of allylic oxidation sites excluding steroid dienone is 4. The van der Waals surface area contributed by atoms with Gasteiger partial charge in [0.05, 0.1) is 0 Å². The highest BCUT2D eigenvalue weighted by Gasteiger charge is 2.02. The second-order valence-electron chi connectivity index (χ2n) is 2.70. The van der Waals surface area contributed by atoms with Crippen molar-refractivity contribution in [3.63, 3.8) is 0 Å². The number of unbranched alkanes of at least 4 members (excludes halogenated alkanes) is 1. The molecule has 0 saturated heterocycles. The zero-order valence-electron chi connectivity index (χ0n) is 6.36. The Morgan fingerprint density at radius 3 is 2.90 bits per heavy atom. The van der Waals surface area contributed by atoms with Crippen LogP contribution < -0.4 is 0 Å². The first kappa shape index (κ1) is 7.87. The molecule has 56 valence electrons. The average Bonchev–Trinajstić information content (AvgIpc) is 2.31. The summed E-state index contributed by atoms with van der Waals surface area (Å²) >= 11 is 5.77. The molecule has 0 heterocycles. The van der Waals surface area contributed by atoms with Crippen molar-refractivity contribution in [2.75, 3.05) is 0 Å². The van der Waals surface area contributed by atoms with Gasteiger partial charge in [0.15, 0.2) is 0 Å².